The van der Waals surface area contributed by atoms with E-state index >= 15 is 0 Å². The highest BCUT2D eigenvalue weighted by atomic mass is 79.9. The molecule has 0 fully saturated rings. The molecule has 2 aliphatic rings. The van der Waals surface area contributed by atoms with Crippen LogP contribution in [0.25, 0.3) is 0 Å². The van der Waals surface area contributed by atoms with Gasteiger partial charge in [-0.05, 0) is 66.8 Å². The van der Waals surface area contributed by atoms with Crippen LogP contribution in [0.3, 0.4) is 0 Å². The summed E-state index contributed by atoms with van der Waals surface area (Å²) in [7, 11) is 0. The first kappa shape index (κ1) is 24.6. The summed E-state index contributed by atoms with van der Waals surface area (Å²) in [6.07, 6.45) is 5.40. The monoisotopic (exact) mass is 585 g/mol. The molecular weight excluding hydrogens is 562 g/mol. The van der Waals surface area contributed by atoms with Gasteiger partial charge in [0.2, 0.25) is 0 Å². The molecule has 1 heterocycles. The molecule has 2 aliphatic carbocycles. The van der Waals surface area contributed by atoms with Gasteiger partial charge in [-0.1, -0.05) is 37.9 Å². The highest BCUT2D eigenvalue weighted by Gasteiger charge is 2.21. The number of aromatic hydroxyl groups is 1. The summed E-state index contributed by atoms with van der Waals surface area (Å²) in [5, 5.41) is 9.57. The van der Waals surface area contributed by atoms with Gasteiger partial charge in [0.25, 0.3) is 0 Å². The molecule has 0 amide bonds. The topological polar surface area (TPSA) is 76.5 Å². The molecule has 176 valence electrons. The Labute approximate surface area is 215 Å². The standard InChI is InChI=1S/C17H16BrNO2.C10H9BrO2/c1-11-3-2-6-19-16(11)10-21-17-8-13(18)7-12-4-5-14(20)9-15(12)17;11-7-3-6-1-2-8(12)5-9(6)10(13)4-7/h2-3,6-8H,4-5,9-10H2,1H3;3-4,13H,1-2,5H2. The third-order valence-electron chi connectivity index (χ3n) is 6.13. The minimum atomic E-state index is 0.213. The van der Waals surface area contributed by atoms with Crippen molar-refractivity contribution < 1.29 is 19.4 Å². The molecule has 0 aliphatic heterocycles. The SMILES string of the molecule is Cc1cccnc1COc1cc(Br)cc2c1CC(=O)CC2.O=C1CCc2cc(Br)cc(O)c2C1. The lowest BCUT2D eigenvalue weighted by molar-refractivity contribution is -0.119. The van der Waals surface area contributed by atoms with Crippen molar-refractivity contribution in [1.82, 2.24) is 4.98 Å². The molecule has 0 saturated carbocycles. The quantitative estimate of drug-likeness (QED) is 0.407. The second-order valence-corrected chi connectivity index (χ2v) is 10.4. The number of aryl methyl sites for hydroxylation is 3. The summed E-state index contributed by atoms with van der Waals surface area (Å²) in [5.74, 6) is 1.52. The van der Waals surface area contributed by atoms with Crippen molar-refractivity contribution in [2.24, 2.45) is 0 Å². The van der Waals surface area contributed by atoms with Crippen LogP contribution in [0.5, 0.6) is 11.5 Å². The molecule has 2 aromatic carbocycles. The largest absolute Gasteiger partial charge is 0.508 e. The number of hydrogen-bond donors (Lipinski definition) is 1. The highest BCUT2D eigenvalue weighted by molar-refractivity contribution is 9.10. The number of benzene rings is 2. The number of phenolic OH excluding ortho intramolecular Hbond substituents is 1. The van der Waals surface area contributed by atoms with Crippen molar-refractivity contribution in [3.8, 4) is 11.5 Å². The summed E-state index contributed by atoms with van der Waals surface area (Å²) < 4.78 is 7.82. The van der Waals surface area contributed by atoms with Crippen LogP contribution in [0.15, 0.2) is 51.5 Å². The Kier molecular flexibility index (Phi) is 7.84. The molecule has 0 unspecified atom stereocenters. The van der Waals surface area contributed by atoms with Gasteiger partial charge in [0, 0.05) is 52.0 Å². The lowest BCUT2D eigenvalue weighted by atomic mass is 9.90. The summed E-state index contributed by atoms with van der Waals surface area (Å²) in [6, 6.07) is 11.6. The Hall–Kier alpha value is -2.51. The zero-order chi connectivity index (χ0) is 24.2. The maximum Gasteiger partial charge on any atom is 0.137 e. The zero-order valence-corrected chi connectivity index (χ0v) is 22.0. The van der Waals surface area contributed by atoms with E-state index in [1.54, 1.807) is 12.3 Å². The first-order valence-electron chi connectivity index (χ1n) is 11.2. The number of fused-ring (bicyclic) bond motifs is 2. The minimum absolute atomic E-state index is 0.213. The van der Waals surface area contributed by atoms with Crippen molar-refractivity contribution in [3.63, 3.8) is 0 Å². The third kappa shape index (κ3) is 5.94. The van der Waals surface area contributed by atoms with Crippen LogP contribution in [-0.4, -0.2) is 21.7 Å². The van der Waals surface area contributed by atoms with E-state index in [0.29, 0.717) is 32.3 Å². The molecule has 5 nitrogen and oxygen atoms in total. The van der Waals surface area contributed by atoms with Gasteiger partial charge < -0.3 is 9.84 Å². The molecule has 34 heavy (non-hydrogen) atoms. The number of carbonyl (C=O) groups is 2. The smallest absolute Gasteiger partial charge is 0.137 e. The number of Topliss-reactive ketones (excluding diaryl/α,β-unsaturated/α-hetero) is 2. The zero-order valence-electron chi connectivity index (χ0n) is 18.9. The fraction of sp³-hybridized carbons (Fsp3) is 0.296. The van der Waals surface area contributed by atoms with Crippen molar-refractivity contribution in [2.75, 3.05) is 0 Å². The maximum atomic E-state index is 11.7. The summed E-state index contributed by atoms with van der Waals surface area (Å²) in [6.45, 7) is 2.44. The molecule has 1 N–H and O–H groups in total. The lowest BCUT2D eigenvalue weighted by Crippen LogP contribution is -2.15. The van der Waals surface area contributed by atoms with Crippen molar-refractivity contribution in [1.29, 1.82) is 0 Å². The van der Waals surface area contributed by atoms with Crippen LogP contribution in [0.1, 0.15) is 46.4 Å². The average Bonchev–Trinajstić information content (AvgIpc) is 2.80. The van der Waals surface area contributed by atoms with Gasteiger partial charge in [0.05, 0.1) is 5.69 Å². The first-order valence-corrected chi connectivity index (χ1v) is 12.8. The number of nitrogens with zero attached hydrogens (tertiary/aromatic N) is 1. The summed E-state index contributed by atoms with van der Waals surface area (Å²) >= 11 is 6.83. The van der Waals surface area contributed by atoms with Gasteiger partial charge in [-0.15, -0.1) is 0 Å². The van der Waals surface area contributed by atoms with Crippen molar-refractivity contribution in [2.45, 2.75) is 52.1 Å². The fourth-order valence-corrected chi connectivity index (χ4v) is 5.24. The number of hydrogen-bond acceptors (Lipinski definition) is 5. The number of rotatable bonds is 3. The second-order valence-electron chi connectivity index (χ2n) is 8.59. The number of halogens is 2. The Morgan fingerprint density at radius 2 is 1.53 bits per heavy atom. The number of ether oxygens (including phenoxy) is 1. The first-order chi connectivity index (χ1) is 16.3. The Bertz CT molecular complexity index is 1260. The van der Waals surface area contributed by atoms with Gasteiger partial charge in [0.15, 0.2) is 0 Å². The van der Waals surface area contributed by atoms with Crippen LogP contribution in [-0.2, 0) is 41.9 Å². The van der Waals surface area contributed by atoms with E-state index in [9.17, 15) is 14.7 Å². The molecule has 0 radical (unpaired) electrons. The third-order valence-corrected chi connectivity index (χ3v) is 7.04. The van der Waals surface area contributed by atoms with Crippen LogP contribution in [0.2, 0.25) is 0 Å². The van der Waals surface area contributed by atoms with Crippen molar-refractivity contribution in [3.05, 3.63) is 85.1 Å². The van der Waals surface area contributed by atoms with Crippen LogP contribution in [0.4, 0.5) is 0 Å². The summed E-state index contributed by atoms with van der Waals surface area (Å²) in [5.41, 5.74) is 6.16. The minimum Gasteiger partial charge on any atom is -0.508 e. The van der Waals surface area contributed by atoms with Crippen LogP contribution in [0, 0.1) is 6.92 Å². The van der Waals surface area contributed by atoms with E-state index in [1.165, 1.54) is 5.56 Å². The molecule has 0 spiro atoms. The number of pyridine rings is 1. The molecule has 3 aromatic rings. The van der Waals surface area contributed by atoms with Crippen LogP contribution >= 0.6 is 31.9 Å². The predicted molar refractivity (Wildman–Crippen MR) is 137 cm³/mol. The fourth-order valence-electron chi connectivity index (χ4n) is 4.26. The van der Waals surface area contributed by atoms with Gasteiger partial charge >= 0.3 is 0 Å². The maximum absolute atomic E-state index is 11.7. The number of phenols is 1. The van der Waals surface area contributed by atoms with Gasteiger partial charge in [0.1, 0.15) is 29.7 Å². The van der Waals surface area contributed by atoms with Gasteiger partial charge in [-0.2, -0.15) is 0 Å². The lowest BCUT2D eigenvalue weighted by Gasteiger charge is -2.19. The molecule has 1 aromatic heterocycles. The Morgan fingerprint density at radius 1 is 0.912 bits per heavy atom. The Balaban J connectivity index is 0.000000180. The van der Waals surface area contributed by atoms with Gasteiger partial charge in [-0.3, -0.25) is 14.6 Å². The van der Waals surface area contributed by atoms with E-state index in [2.05, 4.69) is 42.9 Å². The van der Waals surface area contributed by atoms with E-state index in [-0.39, 0.29) is 17.3 Å². The highest BCUT2D eigenvalue weighted by Crippen LogP contribution is 2.33. The predicted octanol–water partition coefficient (Wildman–Crippen LogP) is 6.00. The number of ketones is 2. The van der Waals surface area contributed by atoms with E-state index in [0.717, 1.165) is 55.5 Å². The molecule has 0 bridgehead atoms. The average molecular weight is 587 g/mol. The summed E-state index contributed by atoms with van der Waals surface area (Å²) in [4.78, 5) is 27.2. The number of carbonyl (C=O) groups excluding carboxylic acids is 2. The van der Waals surface area contributed by atoms with E-state index in [4.69, 9.17) is 4.74 Å². The van der Waals surface area contributed by atoms with Gasteiger partial charge in [-0.25, -0.2) is 0 Å². The molecule has 0 saturated heterocycles. The Morgan fingerprint density at radius 3 is 2.21 bits per heavy atom. The molecule has 5 rings (SSSR count). The number of aromatic nitrogens is 1. The molecular formula is C27H25Br2NO4. The van der Waals surface area contributed by atoms with E-state index in [1.807, 2.05) is 31.2 Å². The van der Waals surface area contributed by atoms with Crippen LogP contribution < -0.4 is 4.74 Å². The second kappa shape index (κ2) is 10.8. The molecule has 0 atom stereocenters. The normalized spacial score (nSPS) is 14.6. The molecule has 7 heteroatoms. The van der Waals surface area contributed by atoms with E-state index < -0.39 is 0 Å². The van der Waals surface area contributed by atoms with Crippen molar-refractivity contribution >= 4 is 43.4 Å².